The Morgan fingerprint density at radius 1 is 0.351 bits per heavy atom. The second kappa shape index (κ2) is 12.3. The largest absolute Gasteiger partial charge is 0.456 e. The van der Waals surface area contributed by atoms with Gasteiger partial charge in [0.05, 0.1) is 39.0 Å². The van der Waals surface area contributed by atoms with Crippen molar-refractivity contribution in [3.05, 3.63) is 188 Å². The van der Waals surface area contributed by atoms with Crippen molar-refractivity contribution in [2.75, 3.05) is 0 Å². The molecule has 0 spiro atoms. The van der Waals surface area contributed by atoms with Crippen LogP contribution in [0, 0.1) is 0 Å². The van der Waals surface area contributed by atoms with Gasteiger partial charge < -0.3 is 13.6 Å². The molecule has 0 aliphatic carbocycles. The molecule has 0 radical (unpaired) electrons. The van der Waals surface area contributed by atoms with Gasteiger partial charge in [0.25, 0.3) is 0 Å². The number of fused-ring (bicyclic) bond motifs is 9. The van der Waals surface area contributed by atoms with Gasteiger partial charge in [0.1, 0.15) is 11.2 Å². The minimum Gasteiger partial charge on any atom is -0.456 e. The van der Waals surface area contributed by atoms with Crippen molar-refractivity contribution in [2.24, 2.45) is 0 Å². The summed E-state index contributed by atoms with van der Waals surface area (Å²) < 4.78 is 11.7. The van der Waals surface area contributed by atoms with E-state index in [1.54, 1.807) is 0 Å². The number of rotatable bonds is 5. The van der Waals surface area contributed by atoms with Crippen LogP contribution in [0.25, 0.3) is 111 Å². The summed E-state index contributed by atoms with van der Waals surface area (Å²) in [7, 11) is 0. The van der Waals surface area contributed by atoms with E-state index in [0.29, 0.717) is 17.5 Å². The van der Waals surface area contributed by atoms with Gasteiger partial charge in [-0.05, 0) is 30.3 Å². The van der Waals surface area contributed by atoms with Gasteiger partial charge >= 0.3 is 0 Å². The molecule has 0 saturated carbocycles. The van der Waals surface area contributed by atoms with Crippen LogP contribution in [-0.4, -0.2) is 24.1 Å². The average Bonchev–Trinajstić information content (AvgIpc) is 3.94. The Kier molecular flexibility index (Phi) is 6.83. The van der Waals surface area contributed by atoms with Gasteiger partial charge in [-0.25, -0.2) is 15.0 Å². The Balaban J connectivity index is 1.35. The SMILES string of the molecule is c1ccc(-c2nc(-c3ccccc3)nc(-c3c(-n4c5ccccc5c5ccccc54)c(-n4c5ccccc5c5ccccc54)cc4oc5ccccc5c34)n2)cc1. The maximum absolute atomic E-state index is 6.86. The van der Waals surface area contributed by atoms with Crippen molar-refractivity contribution >= 4 is 65.6 Å². The maximum Gasteiger partial charge on any atom is 0.167 e. The summed E-state index contributed by atoms with van der Waals surface area (Å²) in [5.74, 6) is 1.74. The zero-order chi connectivity index (χ0) is 37.5. The van der Waals surface area contributed by atoms with E-state index in [2.05, 4.69) is 149 Å². The lowest BCUT2D eigenvalue weighted by atomic mass is 10.0. The molecule has 12 rings (SSSR count). The molecule has 6 nitrogen and oxygen atoms in total. The number of benzene rings is 8. The highest BCUT2D eigenvalue weighted by Crippen LogP contribution is 2.47. The van der Waals surface area contributed by atoms with Crippen molar-refractivity contribution in [3.63, 3.8) is 0 Å². The van der Waals surface area contributed by atoms with Crippen LogP contribution in [0.2, 0.25) is 0 Å². The van der Waals surface area contributed by atoms with Crippen LogP contribution in [0.1, 0.15) is 0 Å². The van der Waals surface area contributed by atoms with E-state index in [9.17, 15) is 0 Å². The Morgan fingerprint density at radius 2 is 0.754 bits per heavy atom. The first-order chi connectivity index (χ1) is 28.3. The maximum atomic E-state index is 6.86. The first-order valence-corrected chi connectivity index (χ1v) is 19.1. The van der Waals surface area contributed by atoms with Crippen molar-refractivity contribution in [3.8, 4) is 45.5 Å². The monoisotopic (exact) mass is 729 g/mol. The summed E-state index contributed by atoms with van der Waals surface area (Å²) in [6, 6.07) is 65.4. The quantitative estimate of drug-likeness (QED) is 0.177. The predicted octanol–water partition coefficient (Wildman–Crippen LogP) is 13.0. The van der Waals surface area contributed by atoms with E-state index >= 15 is 0 Å². The summed E-state index contributed by atoms with van der Waals surface area (Å²) in [6.07, 6.45) is 0. The van der Waals surface area contributed by atoms with Crippen LogP contribution < -0.4 is 0 Å². The fourth-order valence-corrected chi connectivity index (χ4v) is 8.74. The highest BCUT2D eigenvalue weighted by molar-refractivity contribution is 6.18. The molecule has 0 bridgehead atoms. The average molecular weight is 730 g/mol. The van der Waals surface area contributed by atoms with Gasteiger partial charge in [-0.15, -0.1) is 0 Å². The predicted molar refractivity (Wildman–Crippen MR) is 232 cm³/mol. The molecule has 6 heteroatoms. The van der Waals surface area contributed by atoms with E-state index in [1.807, 2.05) is 48.5 Å². The van der Waals surface area contributed by atoms with E-state index in [1.165, 1.54) is 10.8 Å². The van der Waals surface area contributed by atoms with Crippen molar-refractivity contribution in [2.45, 2.75) is 0 Å². The zero-order valence-electron chi connectivity index (χ0n) is 30.5. The Hall–Kier alpha value is -7.83. The second-order valence-corrected chi connectivity index (χ2v) is 14.4. The van der Waals surface area contributed by atoms with Crippen LogP contribution in [-0.2, 0) is 0 Å². The lowest BCUT2D eigenvalue weighted by molar-refractivity contribution is 0.668. The summed E-state index contributed by atoms with van der Waals surface area (Å²) in [5.41, 5.74) is 10.4. The molecular formula is C51H31N5O. The molecule has 0 aliphatic rings. The molecule has 4 aromatic heterocycles. The minimum absolute atomic E-state index is 0.554. The van der Waals surface area contributed by atoms with Gasteiger partial charge in [-0.2, -0.15) is 0 Å². The number of hydrogen-bond donors (Lipinski definition) is 0. The third-order valence-corrected chi connectivity index (χ3v) is 11.2. The third-order valence-electron chi connectivity index (χ3n) is 11.2. The smallest absolute Gasteiger partial charge is 0.167 e. The molecule has 266 valence electrons. The van der Waals surface area contributed by atoms with Gasteiger partial charge in [-0.3, -0.25) is 0 Å². The van der Waals surface area contributed by atoms with E-state index in [4.69, 9.17) is 19.4 Å². The fourth-order valence-electron chi connectivity index (χ4n) is 8.74. The van der Waals surface area contributed by atoms with Crippen LogP contribution >= 0.6 is 0 Å². The van der Waals surface area contributed by atoms with E-state index in [-0.39, 0.29) is 0 Å². The topological polar surface area (TPSA) is 61.7 Å². The van der Waals surface area contributed by atoms with Crippen LogP contribution in [0.3, 0.4) is 0 Å². The highest BCUT2D eigenvalue weighted by Gasteiger charge is 2.29. The summed E-state index contributed by atoms with van der Waals surface area (Å²) in [6.45, 7) is 0. The van der Waals surface area contributed by atoms with Gasteiger partial charge in [0, 0.05) is 49.5 Å². The van der Waals surface area contributed by atoms with Crippen LogP contribution in [0.4, 0.5) is 0 Å². The lowest BCUT2D eigenvalue weighted by Gasteiger charge is -2.21. The molecule has 0 aliphatic heterocycles. The molecule has 0 N–H and O–H groups in total. The summed E-state index contributed by atoms with van der Waals surface area (Å²) in [5, 5.41) is 6.60. The fraction of sp³-hybridized carbons (Fsp3) is 0. The molecule has 0 unspecified atom stereocenters. The Morgan fingerprint density at radius 3 is 1.26 bits per heavy atom. The molecule has 8 aromatic carbocycles. The summed E-state index contributed by atoms with van der Waals surface area (Å²) in [4.78, 5) is 16.0. The standard InChI is InChI=1S/C51H31N5O/c1-3-17-32(18-4-1)49-52-50(33-19-5-2-6-20-33)54-51(53-49)47-46-38-25-11-16-30-44(38)57-45(46)31-43(55-39-26-12-7-21-34(39)35-22-8-13-27-40(35)55)48(47)56-41-28-14-9-23-36(41)37-24-10-15-29-42(37)56/h1-31H. The van der Waals surface area contributed by atoms with Crippen molar-refractivity contribution in [1.82, 2.24) is 24.1 Å². The third kappa shape index (κ3) is 4.74. The van der Waals surface area contributed by atoms with Crippen molar-refractivity contribution in [1.29, 1.82) is 0 Å². The molecule has 57 heavy (non-hydrogen) atoms. The second-order valence-electron chi connectivity index (χ2n) is 14.4. The van der Waals surface area contributed by atoms with Crippen LogP contribution in [0.5, 0.6) is 0 Å². The van der Waals surface area contributed by atoms with E-state index < -0.39 is 0 Å². The molecule has 4 heterocycles. The summed E-state index contributed by atoms with van der Waals surface area (Å²) >= 11 is 0. The molecule has 0 saturated heterocycles. The number of furan rings is 1. The molecule has 12 aromatic rings. The minimum atomic E-state index is 0.554. The first kappa shape index (κ1) is 31.5. The number of hydrogen-bond acceptors (Lipinski definition) is 4. The van der Waals surface area contributed by atoms with Crippen molar-refractivity contribution < 1.29 is 4.42 Å². The van der Waals surface area contributed by atoms with E-state index in [0.717, 1.165) is 82.8 Å². The Labute approximate surface area is 326 Å². The molecule has 0 amide bonds. The van der Waals surface area contributed by atoms with Gasteiger partial charge in [-0.1, -0.05) is 152 Å². The normalized spacial score (nSPS) is 11.9. The van der Waals surface area contributed by atoms with Gasteiger partial charge in [0.2, 0.25) is 0 Å². The lowest BCUT2D eigenvalue weighted by Crippen LogP contribution is -2.08. The first-order valence-electron chi connectivity index (χ1n) is 19.1. The number of para-hydroxylation sites is 5. The molecule has 0 atom stereocenters. The number of nitrogens with zero attached hydrogens (tertiary/aromatic N) is 5. The van der Waals surface area contributed by atoms with Crippen LogP contribution in [0.15, 0.2) is 192 Å². The zero-order valence-corrected chi connectivity index (χ0v) is 30.5. The molecular weight excluding hydrogens is 699 g/mol. The van der Waals surface area contributed by atoms with Gasteiger partial charge in [0.15, 0.2) is 17.5 Å². The number of aromatic nitrogens is 5. The highest BCUT2D eigenvalue weighted by atomic mass is 16.3. The molecule has 0 fully saturated rings. The Bertz CT molecular complexity index is 3360.